The Hall–Kier alpha value is -0.520. The molecule has 0 amide bonds. The summed E-state index contributed by atoms with van der Waals surface area (Å²) in [5, 5.41) is 0. The predicted molar refractivity (Wildman–Crippen MR) is 41.0 cm³/mol. The van der Waals surface area contributed by atoms with Crippen molar-refractivity contribution in [1.82, 2.24) is 0 Å². The molecule has 1 rings (SSSR count). The van der Waals surface area contributed by atoms with Crippen molar-refractivity contribution in [3.8, 4) is 0 Å². The van der Waals surface area contributed by atoms with E-state index in [2.05, 4.69) is 19.9 Å². The van der Waals surface area contributed by atoms with Gasteiger partial charge in [-0.25, -0.2) is 0 Å². The molecule has 0 aliphatic heterocycles. The van der Waals surface area contributed by atoms with Gasteiger partial charge >= 0.3 is 0 Å². The summed E-state index contributed by atoms with van der Waals surface area (Å²) < 4.78 is 0. The Bertz CT molecular complexity index is 140. The molecule has 0 aromatic carbocycles. The summed E-state index contributed by atoms with van der Waals surface area (Å²) in [5.74, 6) is 0. The van der Waals surface area contributed by atoms with Gasteiger partial charge in [0.15, 0.2) is 0 Å². The zero-order chi connectivity index (χ0) is 6.69. The quantitative estimate of drug-likeness (QED) is 0.493. The lowest BCUT2D eigenvalue weighted by Crippen LogP contribution is -1.75. The van der Waals surface area contributed by atoms with Crippen LogP contribution in [0, 0.1) is 6.42 Å². The van der Waals surface area contributed by atoms with Crippen LogP contribution in [-0.2, 0) is 0 Å². The average Bonchev–Trinajstić information content (AvgIpc) is 2.18. The lowest BCUT2D eigenvalue weighted by molar-refractivity contribution is 1.09. The van der Waals surface area contributed by atoms with Crippen LogP contribution in [0.5, 0.6) is 0 Å². The molecule has 0 saturated heterocycles. The van der Waals surface area contributed by atoms with Crippen molar-refractivity contribution in [3.05, 3.63) is 30.2 Å². The van der Waals surface area contributed by atoms with Crippen LogP contribution < -0.4 is 0 Å². The van der Waals surface area contributed by atoms with Gasteiger partial charge in [0.2, 0.25) is 0 Å². The molecule has 49 valence electrons. The van der Waals surface area contributed by atoms with Gasteiger partial charge in [-0.3, -0.25) is 0 Å². The second-order valence-electron chi connectivity index (χ2n) is 2.57. The molecule has 1 aliphatic carbocycles. The van der Waals surface area contributed by atoms with Gasteiger partial charge in [0.1, 0.15) is 0 Å². The van der Waals surface area contributed by atoms with Gasteiger partial charge in [-0.2, -0.15) is 0 Å². The standard InChI is InChI=1S/C9H13/c1-3-5-9-7-4-6-8(9)2/h3-4H,1,5-7H2,2H3. The van der Waals surface area contributed by atoms with Gasteiger partial charge < -0.3 is 0 Å². The van der Waals surface area contributed by atoms with E-state index in [1.165, 1.54) is 12.8 Å². The fourth-order valence-electron chi connectivity index (χ4n) is 1.21. The normalized spacial score (nSPS) is 18.8. The summed E-state index contributed by atoms with van der Waals surface area (Å²) in [7, 11) is 0. The first kappa shape index (κ1) is 6.60. The molecular weight excluding hydrogens is 108 g/mol. The van der Waals surface area contributed by atoms with Crippen molar-refractivity contribution in [1.29, 1.82) is 0 Å². The molecule has 0 spiro atoms. The minimum absolute atomic E-state index is 1.09. The van der Waals surface area contributed by atoms with Crippen LogP contribution in [0.3, 0.4) is 0 Å². The highest BCUT2D eigenvalue weighted by Crippen LogP contribution is 2.26. The SMILES string of the molecule is C=CCC1=C(C)C[CH]C1. The summed E-state index contributed by atoms with van der Waals surface area (Å²) in [6.07, 6.45) is 7.79. The monoisotopic (exact) mass is 121 g/mol. The van der Waals surface area contributed by atoms with Gasteiger partial charge in [-0.05, 0) is 32.6 Å². The largest absolute Gasteiger partial charge is 0.103 e. The first-order valence-electron chi connectivity index (χ1n) is 3.44. The third kappa shape index (κ3) is 1.44. The minimum Gasteiger partial charge on any atom is -0.103 e. The van der Waals surface area contributed by atoms with Gasteiger partial charge in [0, 0.05) is 0 Å². The lowest BCUT2D eigenvalue weighted by atomic mass is 10.1. The number of rotatable bonds is 2. The molecule has 0 saturated carbocycles. The summed E-state index contributed by atoms with van der Waals surface area (Å²) >= 11 is 0. The maximum absolute atomic E-state index is 3.71. The van der Waals surface area contributed by atoms with E-state index in [-0.39, 0.29) is 0 Å². The van der Waals surface area contributed by atoms with Crippen LogP contribution in [0.2, 0.25) is 0 Å². The Kier molecular flexibility index (Phi) is 2.10. The fraction of sp³-hybridized carbons (Fsp3) is 0.444. The Morgan fingerprint density at radius 3 is 2.89 bits per heavy atom. The Morgan fingerprint density at radius 2 is 2.44 bits per heavy atom. The van der Waals surface area contributed by atoms with Crippen LogP contribution >= 0.6 is 0 Å². The van der Waals surface area contributed by atoms with E-state index in [1.54, 1.807) is 11.1 Å². The van der Waals surface area contributed by atoms with Crippen LogP contribution in [0.1, 0.15) is 26.2 Å². The zero-order valence-corrected chi connectivity index (χ0v) is 5.98. The fourth-order valence-corrected chi connectivity index (χ4v) is 1.21. The Morgan fingerprint density at radius 1 is 1.67 bits per heavy atom. The topological polar surface area (TPSA) is 0 Å². The molecule has 1 radical (unpaired) electrons. The first-order valence-corrected chi connectivity index (χ1v) is 3.44. The van der Waals surface area contributed by atoms with Crippen LogP contribution in [0.25, 0.3) is 0 Å². The lowest BCUT2D eigenvalue weighted by Gasteiger charge is -1.95. The molecule has 0 bridgehead atoms. The second kappa shape index (κ2) is 2.86. The molecule has 0 atom stereocenters. The maximum Gasteiger partial charge on any atom is -0.0139 e. The third-order valence-corrected chi connectivity index (χ3v) is 1.84. The molecule has 0 nitrogen and oxygen atoms in total. The first-order chi connectivity index (χ1) is 4.34. The zero-order valence-electron chi connectivity index (χ0n) is 5.98. The smallest absolute Gasteiger partial charge is 0.0139 e. The summed E-state index contributed by atoms with van der Waals surface area (Å²) in [6.45, 7) is 5.92. The highest BCUT2D eigenvalue weighted by atomic mass is 14.1. The Balaban J connectivity index is 2.54. The summed E-state index contributed by atoms with van der Waals surface area (Å²) in [4.78, 5) is 0. The van der Waals surface area contributed by atoms with Gasteiger partial charge in [0.05, 0.1) is 0 Å². The molecule has 0 fully saturated rings. The second-order valence-corrected chi connectivity index (χ2v) is 2.57. The Labute approximate surface area is 57.3 Å². The number of allylic oxidation sites excluding steroid dienone is 3. The van der Waals surface area contributed by atoms with Crippen LogP contribution in [0.4, 0.5) is 0 Å². The van der Waals surface area contributed by atoms with Gasteiger partial charge in [-0.15, -0.1) is 6.58 Å². The van der Waals surface area contributed by atoms with Crippen molar-refractivity contribution in [2.45, 2.75) is 26.2 Å². The van der Waals surface area contributed by atoms with E-state index in [4.69, 9.17) is 0 Å². The van der Waals surface area contributed by atoms with E-state index in [0.717, 1.165) is 6.42 Å². The van der Waals surface area contributed by atoms with Crippen molar-refractivity contribution in [3.63, 3.8) is 0 Å². The van der Waals surface area contributed by atoms with E-state index < -0.39 is 0 Å². The molecule has 0 N–H and O–H groups in total. The summed E-state index contributed by atoms with van der Waals surface area (Å²) in [5.41, 5.74) is 3.12. The van der Waals surface area contributed by atoms with E-state index >= 15 is 0 Å². The van der Waals surface area contributed by atoms with Crippen molar-refractivity contribution in [2.75, 3.05) is 0 Å². The average molecular weight is 121 g/mol. The number of hydrogen-bond acceptors (Lipinski definition) is 0. The van der Waals surface area contributed by atoms with E-state index in [1.807, 2.05) is 6.08 Å². The molecule has 0 unspecified atom stereocenters. The van der Waals surface area contributed by atoms with Crippen LogP contribution in [-0.4, -0.2) is 0 Å². The molecule has 0 aromatic heterocycles. The maximum atomic E-state index is 3.71. The molecule has 0 aromatic rings. The van der Waals surface area contributed by atoms with E-state index in [0.29, 0.717) is 0 Å². The molecular formula is C9H13. The molecule has 9 heavy (non-hydrogen) atoms. The van der Waals surface area contributed by atoms with Gasteiger partial charge in [0.25, 0.3) is 0 Å². The predicted octanol–water partition coefficient (Wildman–Crippen LogP) is 2.88. The molecule has 0 heteroatoms. The molecule has 1 aliphatic rings. The summed E-state index contributed by atoms with van der Waals surface area (Å²) in [6, 6.07) is 0. The molecule has 0 heterocycles. The third-order valence-electron chi connectivity index (χ3n) is 1.84. The number of hydrogen-bond donors (Lipinski definition) is 0. The van der Waals surface area contributed by atoms with Gasteiger partial charge in [-0.1, -0.05) is 17.2 Å². The highest BCUT2D eigenvalue weighted by Gasteiger charge is 2.07. The van der Waals surface area contributed by atoms with Crippen molar-refractivity contribution >= 4 is 0 Å². The van der Waals surface area contributed by atoms with E-state index in [9.17, 15) is 0 Å². The van der Waals surface area contributed by atoms with Crippen molar-refractivity contribution < 1.29 is 0 Å². The van der Waals surface area contributed by atoms with Crippen molar-refractivity contribution in [2.24, 2.45) is 0 Å². The van der Waals surface area contributed by atoms with Crippen LogP contribution in [0.15, 0.2) is 23.8 Å². The minimum atomic E-state index is 1.09. The highest BCUT2D eigenvalue weighted by molar-refractivity contribution is 5.24.